The van der Waals surface area contributed by atoms with Gasteiger partial charge in [0.15, 0.2) is 11.5 Å². The molecule has 23 heavy (non-hydrogen) atoms. The summed E-state index contributed by atoms with van der Waals surface area (Å²) in [5, 5.41) is 30.5. The van der Waals surface area contributed by atoms with Gasteiger partial charge in [0.05, 0.1) is 11.1 Å². The third-order valence-electron chi connectivity index (χ3n) is 2.98. The van der Waals surface area contributed by atoms with Gasteiger partial charge >= 0.3 is 6.18 Å². The molecule has 5 nitrogen and oxygen atoms in total. The molecule has 0 aliphatic rings. The summed E-state index contributed by atoms with van der Waals surface area (Å²) in [6.07, 6.45) is -4.57. The zero-order chi connectivity index (χ0) is 17.4. The molecule has 2 aromatic carbocycles. The molecule has 0 fully saturated rings. The maximum atomic E-state index is 12.8. The maximum Gasteiger partial charge on any atom is 0.416 e. The number of anilines is 1. The van der Waals surface area contributed by atoms with Crippen LogP contribution in [0.15, 0.2) is 30.3 Å². The summed E-state index contributed by atoms with van der Waals surface area (Å²) >= 11 is 0. The molecule has 0 saturated heterocycles. The lowest BCUT2D eigenvalue weighted by Crippen LogP contribution is -2.14. The van der Waals surface area contributed by atoms with Crippen molar-refractivity contribution < 1.29 is 33.3 Å². The normalized spacial score (nSPS) is 11.3. The molecule has 0 aromatic heterocycles. The number of phenolic OH excluding ortho intramolecular Hbond substituents is 3. The van der Waals surface area contributed by atoms with Gasteiger partial charge in [0.25, 0.3) is 5.91 Å². The fraction of sp³-hybridized carbons (Fsp3) is 0.133. The van der Waals surface area contributed by atoms with Gasteiger partial charge in [-0.3, -0.25) is 4.79 Å². The van der Waals surface area contributed by atoms with Gasteiger partial charge in [-0.25, -0.2) is 0 Å². The number of amides is 1. The van der Waals surface area contributed by atoms with Crippen molar-refractivity contribution in [2.24, 2.45) is 0 Å². The molecule has 122 valence electrons. The van der Waals surface area contributed by atoms with Crippen LogP contribution in [0.3, 0.4) is 0 Å². The van der Waals surface area contributed by atoms with Crippen LogP contribution in [0.1, 0.15) is 21.5 Å². The van der Waals surface area contributed by atoms with E-state index in [-0.39, 0.29) is 11.3 Å². The fourth-order valence-electron chi connectivity index (χ4n) is 1.99. The van der Waals surface area contributed by atoms with Gasteiger partial charge in [0.2, 0.25) is 0 Å². The Morgan fingerprint density at radius 2 is 1.70 bits per heavy atom. The van der Waals surface area contributed by atoms with Crippen LogP contribution in [0.4, 0.5) is 18.9 Å². The Kier molecular flexibility index (Phi) is 4.09. The van der Waals surface area contributed by atoms with Crippen molar-refractivity contribution in [2.75, 3.05) is 5.32 Å². The summed E-state index contributed by atoms with van der Waals surface area (Å²) in [5.41, 5.74) is -1.27. The highest BCUT2D eigenvalue weighted by Gasteiger charge is 2.31. The first-order valence-corrected chi connectivity index (χ1v) is 6.33. The smallest absolute Gasteiger partial charge is 0.416 e. The SMILES string of the molecule is Cc1cc(NC(=O)c2cc(O)cc(O)c2O)cc(C(F)(F)F)c1. The summed E-state index contributed by atoms with van der Waals surface area (Å²) in [4.78, 5) is 12.0. The number of phenols is 3. The van der Waals surface area contributed by atoms with Crippen LogP contribution in [0, 0.1) is 6.92 Å². The first-order chi connectivity index (χ1) is 10.6. The van der Waals surface area contributed by atoms with E-state index in [9.17, 15) is 33.3 Å². The quantitative estimate of drug-likeness (QED) is 0.503. The standard InChI is InChI=1S/C15H12F3NO4/c1-7-2-8(15(16,17)18)4-9(3-7)19-14(23)11-5-10(20)6-12(21)13(11)22/h2-6,20-22H,1H3,(H,19,23). The highest BCUT2D eigenvalue weighted by Crippen LogP contribution is 2.35. The van der Waals surface area contributed by atoms with Crippen molar-refractivity contribution in [2.45, 2.75) is 13.1 Å². The molecule has 1 amide bonds. The number of carbonyl (C=O) groups is 1. The Balaban J connectivity index is 2.36. The number of hydrogen-bond acceptors (Lipinski definition) is 4. The van der Waals surface area contributed by atoms with Gasteiger partial charge in [0.1, 0.15) is 5.75 Å². The Morgan fingerprint density at radius 3 is 2.30 bits per heavy atom. The number of aryl methyl sites for hydroxylation is 1. The minimum absolute atomic E-state index is 0.135. The number of benzene rings is 2. The van der Waals surface area contributed by atoms with E-state index < -0.39 is 40.5 Å². The largest absolute Gasteiger partial charge is 0.508 e. The van der Waals surface area contributed by atoms with Crippen LogP contribution in [-0.4, -0.2) is 21.2 Å². The predicted molar refractivity (Wildman–Crippen MR) is 75.6 cm³/mol. The monoisotopic (exact) mass is 327 g/mol. The van der Waals surface area contributed by atoms with E-state index in [0.29, 0.717) is 0 Å². The lowest BCUT2D eigenvalue weighted by molar-refractivity contribution is -0.137. The van der Waals surface area contributed by atoms with Gasteiger partial charge < -0.3 is 20.6 Å². The van der Waals surface area contributed by atoms with Crippen LogP contribution in [0.2, 0.25) is 0 Å². The Hall–Kier alpha value is -2.90. The molecule has 2 aromatic rings. The van der Waals surface area contributed by atoms with Crippen LogP contribution in [-0.2, 0) is 6.18 Å². The zero-order valence-electron chi connectivity index (χ0n) is 11.8. The molecule has 0 saturated carbocycles. The van der Waals surface area contributed by atoms with Crippen molar-refractivity contribution in [1.82, 2.24) is 0 Å². The highest BCUT2D eigenvalue weighted by atomic mass is 19.4. The second-order valence-corrected chi connectivity index (χ2v) is 4.90. The third-order valence-corrected chi connectivity index (χ3v) is 2.98. The average molecular weight is 327 g/mol. The van der Waals surface area contributed by atoms with Crippen LogP contribution >= 0.6 is 0 Å². The second-order valence-electron chi connectivity index (χ2n) is 4.90. The molecule has 0 aliphatic heterocycles. The van der Waals surface area contributed by atoms with E-state index in [2.05, 4.69) is 5.32 Å². The highest BCUT2D eigenvalue weighted by molar-refractivity contribution is 6.07. The van der Waals surface area contributed by atoms with Crippen LogP contribution in [0.25, 0.3) is 0 Å². The van der Waals surface area contributed by atoms with Crippen molar-refractivity contribution in [3.8, 4) is 17.2 Å². The van der Waals surface area contributed by atoms with Gasteiger partial charge in [-0.05, 0) is 36.8 Å². The molecule has 0 unspecified atom stereocenters. The molecule has 8 heteroatoms. The first kappa shape index (κ1) is 16.5. The van der Waals surface area contributed by atoms with Crippen molar-refractivity contribution in [3.63, 3.8) is 0 Å². The van der Waals surface area contributed by atoms with Gasteiger partial charge in [-0.15, -0.1) is 0 Å². The minimum Gasteiger partial charge on any atom is -0.508 e. The number of alkyl halides is 3. The van der Waals surface area contributed by atoms with Crippen molar-refractivity contribution >= 4 is 11.6 Å². The number of rotatable bonds is 2. The van der Waals surface area contributed by atoms with Gasteiger partial charge in [-0.1, -0.05) is 0 Å². The topological polar surface area (TPSA) is 89.8 Å². The zero-order valence-corrected chi connectivity index (χ0v) is 11.8. The molecular formula is C15H12F3NO4. The Bertz CT molecular complexity index is 772. The number of carbonyl (C=O) groups excluding carboxylic acids is 1. The first-order valence-electron chi connectivity index (χ1n) is 6.33. The number of nitrogens with one attached hydrogen (secondary N) is 1. The summed E-state index contributed by atoms with van der Waals surface area (Å²) in [6.45, 7) is 1.43. The molecule has 0 radical (unpaired) electrons. The number of hydrogen-bond donors (Lipinski definition) is 4. The minimum atomic E-state index is -4.57. The molecule has 0 heterocycles. The summed E-state index contributed by atoms with van der Waals surface area (Å²) in [6, 6.07) is 4.68. The second kappa shape index (κ2) is 5.71. The van der Waals surface area contributed by atoms with Crippen LogP contribution < -0.4 is 5.32 Å². The van der Waals surface area contributed by atoms with Crippen molar-refractivity contribution in [1.29, 1.82) is 0 Å². The van der Waals surface area contributed by atoms with Crippen molar-refractivity contribution in [3.05, 3.63) is 47.0 Å². The third kappa shape index (κ3) is 3.65. The fourth-order valence-corrected chi connectivity index (χ4v) is 1.99. The van der Waals surface area contributed by atoms with E-state index in [4.69, 9.17) is 0 Å². The Labute approximate surface area is 128 Å². The molecule has 0 bridgehead atoms. The maximum absolute atomic E-state index is 12.8. The molecular weight excluding hydrogens is 315 g/mol. The van der Waals surface area contributed by atoms with E-state index in [0.717, 1.165) is 24.3 Å². The Morgan fingerprint density at radius 1 is 1.04 bits per heavy atom. The average Bonchev–Trinajstić information content (AvgIpc) is 2.41. The van der Waals surface area contributed by atoms with Gasteiger partial charge in [-0.2, -0.15) is 13.2 Å². The molecule has 2 rings (SSSR count). The van der Waals surface area contributed by atoms with E-state index in [1.165, 1.54) is 13.0 Å². The number of halogens is 3. The number of aromatic hydroxyl groups is 3. The molecule has 0 aliphatic carbocycles. The van der Waals surface area contributed by atoms with E-state index >= 15 is 0 Å². The lowest BCUT2D eigenvalue weighted by Gasteiger charge is -2.12. The van der Waals surface area contributed by atoms with E-state index in [1.54, 1.807) is 0 Å². The molecule has 4 N–H and O–H groups in total. The lowest BCUT2D eigenvalue weighted by atomic mass is 10.1. The predicted octanol–water partition coefficient (Wildman–Crippen LogP) is 3.38. The van der Waals surface area contributed by atoms with Crippen LogP contribution in [0.5, 0.6) is 17.2 Å². The molecule has 0 atom stereocenters. The molecule has 0 spiro atoms. The van der Waals surface area contributed by atoms with E-state index in [1.807, 2.05) is 0 Å². The summed E-state index contributed by atoms with van der Waals surface area (Å²) < 4.78 is 38.3. The summed E-state index contributed by atoms with van der Waals surface area (Å²) in [5.74, 6) is -2.97. The van der Waals surface area contributed by atoms with Gasteiger partial charge in [0, 0.05) is 11.8 Å². The summed E-state index contributed by atoms with van der Waals surface area (Å²) in [7, 11) is 0.